The summed E-state index contributed by atoms with van der Waals surface area (Å²) in [6.45, 7) is 0. The number of halogens is 5. The van der Waals surface area contributed by atoms with Gasteiger partial charge in [0.1, 0.15) is 17.5 Å². The topological polar surface area (TPSA) is 66.4 Å². The molecule has 25 heavy (non-hydrogen) atoms. The van der Waals surface area contributed by atoms with Crippen molar-refractivity contribution in [1.82, 2.24) is 14.7 Å². The minimum absolute atomic E-state index is 0.0358. The molecule has 1 heterocycles. The number of nitriles is 1. The molecule has 0 bridgehead atoms. The number of aliphatic imine (C=N–C) groups is 1. The standard InChI is InChI=1S/C14H10Cl2F3N5O/c1-23(2)7-21-12-3-8(6-20)22-24(12)13-10(15)4-9(5-11(13)16)25-14(17,18)19/h3-5,7H,1-2H3/b21-7-. The first kappa shape index (κ1) is 18.9. The van der Waals surface area contributed by atoms with Crippen LogP contribution in [-0.2, 0) is 0 Å². The molecule has 0 radical (unpaired) electrons. The van der Waals surface area contributed by atoms with E-state index in [1.165, 1.54) is 17.1 Å². The molecular formula is C14H10Cl2F3N5O. The SMILES string of the molecule is CN(C)/C=N\c1cc(C#N)nn1-c1c(Cl)cc(OC(F)(F)F)cc1Cl. The van der Waals surface area contributed by atoms with Crippen LogP contribution in [0, 0.1) is 11.3 Å². The highest BCUT2D eigenvalue weighted by molar-refractivity contribution is 6.38. The maximum Gasteiger partial charge on any atom is 0.573 e. The summed E-state index contributed by atoms with van der Waals surface area (Å²) in [6.07, 6.45) is -3.42. The van der Waals surface area contributed by atoms with Crippen molar-refractivity contribution in [3.05, 3.63) is 33.9 Å². The van der Waals surface area contributed by atoms with Gasteiger partial charge in [-0.15, -0.1) is 13.2 Å². The molecule has 0 aliphatic rings. The van der Waals surface area contributed by atoms with Crippen molar-refractivity contribution in [3.63, 3.8) is 0 Å². The zero-order valence-corrected chi connectivity index (χ0v) is 14.4. The highest BCUT2D eigenvalue weighted by atomic mass is 35.5. The van der Waals surface area contributed by atoms with Gasteiger partial charge in [0.2, 0.25) is 0 Å². The Kier molecular flexibility index (Phi) is 5.45. The van der Waals surface area contributed by atoms with E-state index in [4.69, 9.17) is 28.5 Å². The van der Waals surface area contributed by atoms with Crippen LogP contribution in [0.4, 0.5) is 19.0 Å². The number of alkyl halides is 3. The van der Waals surface area contributed by atoms with Crippen molar-refractivity contribution in [2.75, 3.05) is 14.1 Å². The van der Waals surface area contributed by atoms with Crippen LogP contribution in [-0.4, -0.2) is 41.5 Å². The van der Waals surface area contributed by atoms with Crippen LogP contribution in [0.3, 0.4) is 0 Å². The van der Waals surface area contributed by atoms with E-state index in [0.717, 1.165) is 12.1 Å². The molecule has 0 saturated carbocycles. The van der Waals surface area contributed by atoms with Gasteiger partial charge in [-0.1, -0.05) is 23.2 Å². The first-order chi connectivity index (χ1) is 11.6. The Bertz CT molecular complexity index is 832. The first-order valence-electron chi connectivity index (χ1n) is 6.56. The van der Waals surface area contributed by atoms with Gasteiger partial charge in [0.15, 0.2) is 11.5 Å². The average Bonchev–Trinajstić information content (AvgIpc) is 2.85. The number of nitrogens with zero attached hydrogens (tertiary/aromatic N) is 5. The quantitative estimate of drug-likeness (QED) is 0.579. The minimum Gasteiger partial charge on any atom is -0.406 e. The van der Waals surface area contributed by atoms with Crippen molar-refractivity contribution in [2.45, 2.75) is 6.36 Å². The molecule has 132 valence electrons. The molecule has 0 fully saturated rings. The summed E-state index contributed by atoms with van der Waals surface area (Å²) in [7, 11) is 3.47. The van der Waals surface area contributed by atoms with Crippen LogP contribution in [0.1, 0.15) is 5.69 Å². The van der Waals surface area contributed by atoms with Gasteiger partial charge in [0.05, 0.1) is 16.4 Å². The van der Waals surface area contributed by atoms with Crippen LogP contribution < -0.4 is 4.74 Å². The van der Waals surface area contributed by atoms with E-state index in [1.54, 1.807) is 19.0 Å². The predicted octanol–water partition coefficient (Wildman–Crippen LogP) is 4.17. The Morgan fingerprint density at radius 2 is 1.88 bits per heavy atom. The van der Waals surface area contributed by atoms with E-state index in [-0.39, 0.29) is 27.2 Å². The Morgan fingerprint density at radius 3 is 2.36 bits per heavy atom. The van der Waals surface area contributed by atoms with E-state index in [0.29, 0.717) is 0 Å². The third-order valence-electron chi connectivity index (χ3n) is 2.66. The summed E-state index contributed by atoms with van der Waals surface area (Å²) in [5.41, 5.74) is 0.110. The molecule has 0 saturated heterocycles. The zero-order valence-electron chi connectivity index (χ0n) is 12.8. The maximum absolute atomic E-state index is 12.3. The Hall–Kier alpha value is -2.44. The van der Waals surface area contributed by atoms with E-state index in [1.807, 2.05) is 6.07 Å². The van der Waals surface area contributed by atoms with Crippen molar-refractivity contribution in [3.8, 4) is 17.5 Å². The third kappa shape index (κ3) is 4.78. The summed E-state index contributed by atoms with van der Waals surface area (Å²) in [5.74, 6) is -0.351. The first-order valence-corrected chi connectivity index (χ1v) is 7.32. The van der Waals surface area contributed by atoms with Gasteiger partial charge in [0.25, 0.3) is 0 Å². The number of rotatable bonds is 4. The van der Waals surface area contributed by atoms with Gasteiger partial charge in [-0.2, -0.15) is 10.4 Å². The Balaban J connectivity index is 2.55. The third-order valence-corrected chi connectivity index (χ3v) is 3.24. The summed E-state index contributed by atoms with van der Waals surface area (Å²) in [4.78, 5) is 5.78. The largest absolute Gasteiger partial charge is 0.573 e. The van der Waals surface area contributed by atoms with Gasteiger partial charge < -0.3 is 9.64 Å². The molecule has 2 aromatic rings. The number of aromatic nitrogens is 2. The lowest BCUT2D eigenvalue weighted by Gasteiger charge is -2.13. The summed E-state index contributed by atoms with van der Waals surface area (Å²) in [5, 5.41) is 12.7. The molecule has 0 aliphatic heterocycles. The smallest absolute Gasteiger partial charge is 0.406 e. The number of ether oxygens (including phenoxy) is 1. The molecular weight excluding hydrogens is 382 g/mol. The van der Waals surface area contributed by atoms with Crippen molar-refractivity contribution < 1.29 is 17.9 Å². The van der Waals surface area contributed by atoms with Crippen LogP contribution in [0.25, 0.3) is 5.69 Å². The number of hydrogen-bond donors (Lipinski definition) is 0. The van der Waals surface area contributed by atoms with Crippen molar-refractivity contribution in [2.24, 2.45) is 4.99 Å². The van der Waals surface area contributed by atoms with Gasteiger partial charge in [0, 0.05) is 32.3 Å². The monoisotopic (exact) mass is 391 g/mol. The normalized spacial score (nSPS) is 11.6. The Morgan fingerprint density at radius 1 is 1.28 bits per heavy atom. The van der Waals surface area contributed by atoms with Gasteiger partial charge >= 0.3 is 6.36 Å². The zero-order chi connectivity index (χ0) is 18.8. The van der Waals surface area contributed by atoms with Crippen LogP contribution in [0.5, 0.6) is 5.75 Å². The van der Waals surface area contributed by atoms with Crippen molar-refractivity contribution >= 4 is 35.4 Å². The molecule has 1 aromatic carbocycles. The van der Waals surface area contributed by atoms with E-state index >= 15 is 0 Å². The average molecular weight is 392 g/mol. The van der Waals surface area contributed by atoms with Gasteiger partial charge in [-0.3, -0.25) is 0 Å². The maximum atomic E-state index is 12.3. The molecule has 0 aliphatic carbocycles. The highest BCUT2D eigenvalue weighted by Gasteiger charge is 2.32. The lowest BCUT2D eigenvalue weighted by molar-refractivity contribution is -0.274. The summed E-state index contributed by atoms with van der Waals surface area (Å²) >= 11 is 12.1. The van der Waals surface area contributed by atoms with E-state index in [2.05, 4.69) is 14.8 Å². The fraction of sp³-hybridized carbons (Fsp3) is 0.214. The van der Waals surface area contributed by atoms with E-state index in [9.17, 15) is 13.2 Å². The lowest BCUT2D eigenvalue weighted by Crippen LogP contribution is -2.17. The number of benzene rings is 1. The van der Waals surface area contributed by atoms with Gasteiger partial charge in [-0.05, 0) is 0 Å². The molecule has 0 N–H and O–H groups in total. The molecule has 0 amide bonds. The van der Waals surface area contributed by atoms with Crippen LogP contribution in [0.2, 0.25) is 10.0 Å². The number of hydrogen-bond acceptors (Lipinski definition) is 4. The molecule has 11 heteroatoms. The molecule has 0 atom stereocenters. The van der Waals surface area contributed by atoms with Crippen molar-refractivity contribution in [1.29, 1.82) is 5.26 Å². The highest BCUT2D eigenvalue weighted by Crippen LogP contribution is 2.37. The molecule has 6 nitrogen and oxygen atoms in total. The van der Waals surface area contributed by atoms with Crippen LogP contribution in [0.15, 0.2) is 23.2 Å². The second-order valence-electron chi connectivity index (χ2n) is 4.90. The van der Waals surface area contributed by atoms with E-state index < -0.39 is 12.1 Å². The summed E-state index contributed by atoms with van der Waals surface area (Å²) < 4.78 is 42.0. The minimum atomic E-state index is -4.88. The molecule has 1 aromatic heterocycles. The van der Waals surface area contributed by atoms with Crippen LogP contribution >= 0.6 is 23.2 Å². The lowest BCUT2D eigenvalue weighted by atomic mass is 10.3. The second kappa shape index (κ2) is 7.21. The second-order valence-corrected chi connectivity index (χ2v) is 5.72. The molecule has 2 rings (SSSR count). The summed E-state index contributed by atoms with van der Waals surface area (Å²) in [6, 6.07) is 5.12. The molecule has 0 unspecified atom stereocenters. The molecule has 0 spiro atoms. The predicted molar refractivity (Wildman–Crippen MR) is 86.8 cm³/mol. The van der Waals surface area contributed by atoms with Gasteiger partial charge in [-0.25, -0.2) is 9.67 Å². The Labute approximate surface area is 150 Å². The fourth-order valence-corrected chi connectivity index (χ4v) is 2.42. The fourth-order valence-electron chi connectivity index (χ4n) is 1.79.